The van der Waals surface area contributed by atoms with Gasteiger partial charge in [-0.1, -0.05) is 18.2 Å². The first-order chi connectivity index (χ1) is 11.2. The summed E-state index contributed by atoms with van der Waals surface area (Å²) in [6, 6.07) is 9.14. The van der Waals surface area contributed by atoms with Gasteiger partial charge in [0.2, 0.25) is 0 Å². The molecule has 0 saturated carbocycles. The van der Waals surface area contributed by atoms with Gasteiger partial charge in [-0.3, -0.25) is 0 Å². The molecule has 0 amide bonds. The highest BCUT2D eigenvalue weighted by Gasteiger charge is 2.09. The topological polar surface area (TPSA) is 108 Å². The van der Waals surface area contributed by atoms with Crippen LogP contribution in [0.25, 0.3) is 11.2 Å². The molecule has 9 heteroatoms. The number of ether oxygens (including phenoxy) is 1. The van der Waals surface area contributed by atoms with Gasteiger partial charge >= 0.3 is 0 Å². The quantitative estimate of drug-likeness (QED) is 0.501. The minimum Gasteiger partial charge on any atom is -0.446 e. The molecule has 0 aliphatic rings. The fourth-order valence-electron chi connectivity index (χ4n) is 2.00. The zero-order valence-corrected chi connectivity index (χ0v) is 13.1. The Morgan fingerprint density at radius 1 is 1.17 bits per heavy atom. The van der Waals surface area contributed by atoms with Gasteiger partial charge in [0.1, 0.15) is 23.9 Å². The summed E-state index contributed by atoms with van der Waals surface area (Å²) >= 11 is 0. The molecule has 120 valence electrons. The Labute approximate surface area is 133 Å². The Balaban J connectivity index is 1.47. The third kappa shape index (κ3) is 3.92. The maximum atomic E-state index is 9.83. The summed E-state index contributed by atoms with van der Waals surface area (Å²) in [7, 11) is -1.66. The van der Waals surface area contributed by atoms with E-state index in [0.29, 0.717) is 35.9 Å². The third-order valence-corrected chi connectivity index (χ3v) is 3.89. The number of hydrogen-bond donors (Lipinski definition) is 2. The van der Waals surface area contributed by atoms with Crippen molar-refractivity contribution in [3.05, 3.63) is 43.0 Å². The fraction of sp³-hybridized carbons (Fsp3) is 0.214. The maximum Gasteiger partial charge on any atom is 0.255 e. The predicted octanol–water partition coefficient (Wildman–Crippen LogP) is 1.77. The van der Waals surface area contributed by atoms with Crippen LogP contribution in [-0.2, 0) is 11.3 Å². The zero-order valence-electron chi connectivity index (χ0n) is 12.2. The van der Waals surface area contributed by atoms with Crippen molar-refractivity contribution >= 4 is 25.4 Å². The summed E-state index contributed by atoms with van der Waals surface area (Å²) < 4.78 is 12.7. The number of nitrogen functional groups attached to an aromatic ring is 1. The highest BCUT2D eigenvalue weighted by molar-refractivity contribution is 7.46. The van der Waals surface area contributed by atoms with Gasteiger partial charge in [-0.15, -0.1) is 0 Å². The molecule has 0 bridgehead atoms. The van der Waals surface area contributed by atoms with Crippen molar-refractivity contribution in [1.82, 2.24) is 19.5 Å². The Hall–Kier alpha value is -2.28. The van der Waals surface area contributed by atoms with Crippen molar-refractivity contribution in [2.75, 3.05) is 18.7 Å². The number of rotatable bonds is 7. The van der Waals surface area contributed by atoms with Crippen LogP contribution < -0.4 is 10.3 Å². The molecular weight excluding hydrogens is 317 g/mol. The van der Waals surface area contributed by atoms with Gasteiger partial charge in [0.05, 0.1) is 12.9 Å². The van der Waals surface area contributed by atoms with E-state index >= 15 is 0 Å². The summed E-state index contributed by atoms with van der Waals surface area (Å²) in [5.41, 5.74) is 6.97. The van der Waals surface area contributed by atoms with Crippen LogP contribution >= 0.6 is 8.38 Å². The molecule has 0 spiro atoms. The molecule has 1 aromatic carbocycles. The molecule has 23 heavy (non-hydrogen) atoms. The highest BCUT2D eigenvalue weighted by atomic mass is 31.2. The average Bonchev–Trinajstić information content (AvgIpc) is 2.97. The van der Waals surface area contributed by atoms with Gasteiger partial charge in [-0.05, 0) is 12.1 Å². The number of hydrogen-bond acceptors (Lipinski definition) is 7. The monoisotopic (exact) mass is 333 g/mol. The summed E-state index contributed by atoms with van der Waals surface area (Å²) in [5.74, 6) is 0.974. The largest absolute Gasteiger partial charge is 0.446 e. The lowest BCUT2D eigenvalue weighted by Crippen LogP contribution is -2.07. The van der Waals surface area contributed by atoms with Crippen LogP contribution in [0.1, 0.15) is 0 Å². The van der Waals surface area contributed by atoms with E-state index in [1.165, 1.54) is 6.33 Å². The number of fused-ring (bicyclic) bond motifs is 1. The molecule has 0 fully saturated rings. The van der Waals surface area contributed by atoms with E-state index in [-0.39, 0.29) is 6.35 Å². The van der Waals surface area contributed by atoms with Crippen molar-refractivity contribution in [2.45, 2.75) is 6.54 Å². The molecule has 0 radical (unpaired) electrons. The second-order valence-electron chi connectivity index (χ2n) is 4.66. The molecule has 0 saturated heterocycles. The Morgan fingerprint density at radius 2 is 2.00 bits per heavy atom. The first-order valence-corrected chi connectivity index (χ1v) is 8.32. The molecule has 8 nitrogen and oxygen atoms in total. The molecular formula is C14H16N5O3P. The Kier molecular flexibility index (Phi) is 4.97. The van der Waals surface area contributed by atoms with Crippen molar-refractivity contribution < 1.29 is 14.2 Å². The molecule has 1 atom stereocenters. The summed E-state index contributed by atoms with van der Waals surface area (Å²) in [4.78, 5) is 22.1. The van der Waals surface area contributed by atoms with Crippen molar-refractivity contribution in [2.24, 2.45) is 0 Å². The van der Waals surface area contributed by atoms with Crippen LogP contribution in [0.5, 0.6) is 5.75 Å². The van der Waals surface area contributed by atoms with E-state index < -0.39 is 8.38 Å². The lowest BCUT2D eigenvalue weighted by Gasteiger charge is -2.12. The molecule has 3 N–H and O–H groups in total. The van der Waals surface area contributed by atoms with Crippen molar-refractivity contribution in [1.29, 1.82) is 0 Å². The standard InChI is InChI=1S/C14H16N5O3P/c15-13-12-14(17-8-16-13)19(9-18-12)6-7-21-10-23(20)22-11-4-2-1-3-5-11/h1-5,8-9,20H,6-7,10H2,(H2,15,16,17). The van der Waals surface area contributed by atoms with E-state index in [4.69, 9.17) is 15.0 Å². The average molecular weight is 333 g/mol. The van der Waals surface area contributed by atoms with E-state index in [9.17, 15) is 4.89 Å². The second-order valence-corrected chi connectivity index (χ2v) is 5.81. The molecule has 3 rings (SSSR count). The first kappa shape index (κ1) is 15.6. The molecule has 0 aliphatic heterocycles. The van der Waals surface area contributed by atoms with Crippen LogP contribution in [0, 0.1) is 0 Å². The number of nitrogens with two attached hydrogens (primary N) is 1. The van der Waals surface area contributed by atoms with Gasteiger partial charge in [-0.2, -0.15) is 0 Å². The Morgan fingerprint density at radius 3 is 2.83 bits per heavy atom. The van der Waals surface area contributed by atoms with Gasteiger partial charge in [0.15, 0.2) is 11.5 Å². The van der Waals surface area contributed by atoms with Gasteiger partial charge in [-0.25, -0.2) is 15.0 Å². The number of benzene rings is 1. The molecule has 1 unspecified atom stereocenters. The lowest BCUT2D eigenvalue weighted by atomic mass is 10.3. The normalized spacial score (nSPS) is 12.4. The zero-order chi connectivity index (χ0) is 16.1. The van der Waals surface area contributed by atoms with Crippen LogP contribution in [-0.4, -0.2) is 37.4 Å². The van der Waals surface area contributed by atoms with Gasteiger partial charge < -0.3 is 24.5 Å². The third-order valence-electron chi connectivity index (χ3n) is 3.06. The molecule has 3 aromatic rings. The van der Waals surface area contributed by atoms with Crippen LogP contribution in [0.3, 0.4) is 0 Å². The maximum absolute atomic E-state index is 9.83. The van der Waals surface area contributed by atoms with E-state index in [1.807, 2.05) is 22.8 Å². The molecule has 0 aliphatic carbocycles. The van der Waals surface area contributed by atoms with Crippen molar-refractivity contribution in [3.8, 4) is 5.75 Å². The number of nitrogens with zero attached hydrogens (tertiary/aromatic N) is 4. The Bertz CT molecular complexity index is 767. The predicted molar refractivity (Wildman–Crippen MR) is 86.8 cm³/mol. The number of aromatic nitrogens is 4. The number of para-hydroxylation sites is 1. The van der Waals surface area contributed by atoms with Gasteiger partial charge in [0, 0.05) is 6.54 Å². The van der Waals surface area contributed by atoms with E-state index in [0.717, 1.165) is 0 Å². The molecule has 2 aromatic heterocycles. The second kappa shape index (κ2) is 7.32. The smallest absolute Gasteiger partial charge is 0.255 e. The van der Waals surface area contributed by atoms with E-state index in [2.05, 4.69) is 15.0 Å². The first-order valence-electron chi connectivity index (χ1n) is 6.92. The molecule has 2 heterocycles. The summed E-state index contributed by atoms with van der Waals surface area (Å²) in [5, 5.41) is 0. The minimum atomic E-state index is -1.66. The fourth-order valence-corrected chi connectivity index (χ4v) is 2.70. The van der Waals surface area contributed by atoms with Crippen LogP contribution in [0.15, 0.2) is 43.0 Å². The van der Waals surface area contributed by atoms with E-state index in [1.54, 1.807) is 18.5 Å². The highest BCUT2D eigenvalue weighted by Crippen LogP contribution is 2.33. The van der Waals surface area contributed by atoms with Crippen LogP contribution in [0.4, 0.5) is 5.82 Å². The lowest BCUT2D eigenvalue weighted by molar-refractivity contribution is 0.160. The minimum absolute atomic E-state index is 0.133. The summed E-state index contributed by atoms with van der Waals surface area (Å²) in [6.07, 6.45) is 3.17. The number of anilines is 1. The van der Waals surface area contributed by atoms with Gasteiger partial charge in [0.25, 0.3) is 8.38 Å². The van der Waals surface area contributed by atoms with Crippen molar-refractivity contribution in [3.63, 3.8) is 0 Å². The number of imidazole rings is 1. The SMILES string of the molecule is Nc1ncnc2c1ncn2CCOCP(O)Oc1ccccc1. The summed E-state index contributed by atoms with van der Waals surface area (Å²) in [6.45, 7) is 0.939. The van der Waals surface area contributed by atoms with Crippen LogP contribution in [0.2, 0.25) is 0 Å².